The van der Waals surface area contributed by atoms with Crippen LogP contribution in [0.5, 0.6) is 0 Å². The molecule has 3 N–H and O–H groups in total. The molecule has 0 aliphatic carbocycles. The fourth-order valence-electron chi connectivity index (χ4n) is 2.39. The maximum atomic E-state index is 12.2. The van der Waals surface area contributed by atoms with E-state index in [2.05, 4.69) is 4.72 Å². The predicted molar refractivity (Wildman–Crippen MR) is 101 cm³/mol. The molecule has 25 heavy (non-hydrogen) atoms. The van der Waals surface area contributed by atoms with Crippen molar-refractivity contribution in [3.05, 3.63) is 16.5 Å². The first-order valence-electron chi connectivity index (χ1n) is 7.77. The minimum Gasteiger partial charge on any atom is -0.378 e. The molecule has 11 heteroatoms. The molecule has 1 aromatic rings. The number of piperidine rings is 1. The average Bonchev–Trinajstić information content (AvgIpc) is 3.01. The van der Waals surface area contributed by atoms with E-state index in [0.29, 0.717) is 30.6 Å². The summed E-state index contributed by atoms with van der Waals surface area (Å²) in [6.07, 6.45) is 2.48. The Bertz CT molecular complexity index is 646. The lowest BCUT2D eigenvalue weighted by atomic mass is 10.1. The number of carbonyl (C=O) groups excluding carboxylic acids is 1. The first kappa shape index (κ1) is 22.6. The zero-order valence-electron chi connectivity index (χ0n) is 13.6. The fraction of sp³-hybridized carbons (Fsp3) is 0.643. The average molecular weight is 432 g/mol. The van der Waals surface area contributed by atoms with Crippen molar-refractivity contribution in [2.75, 3.05) is 32.8 Å². The van der Waals surface area contributed by atoms with Gasteiger partial charge in [0.1, 0.15) is 4.21 Å². The molecule has 1 amide bonds. The second-order valence-electron chi connectivity index (χ2n) is 5.48. The van der Waals surface area contributed by atoms with Gasteiger partial charge in [0, 0.05) is 19.7 Å². The fourth-order valence-corrected chi connectivity index (χ4v) is 4.89. The Morgan fingerprint density at radius 1 is 1.40 bits per heavy atom. The van der Waals surface area contributed by atoms with E-state index in [1.54, 1.807) is 4.90 Å². The second kappa shape index (κ2) is 10.7. The van der Waals surface area contributed by atoms with Crippen LogP contribution in [0.15, 0.2) is 16.3 Å². The Hall–Kier alpha value is -0.420. The van der Waals surface area contributed by atoms with Crippen LogP contribution in [-0.2, 0) is 19.6 Å². The largest absolute Gasteiger partial charge is 0.378 e. The maximum absolute atomic E-state index is 12.2. The smallest absolute Gasteiger partial charge is 0.250 e. The van der Waals surface area contributed by atoms with Crippen molar-refractivity contribution in [1.29, 1.82) is 0 Å². The number of nitrogens with one attached hydrogen (secondary N) is 1. The number of hydrogen-bond donors (Lipinski definition) is 2. The number of hydrogen-bond acceptors (Lipinski definition) is 6. The van der Waals surface area contributed by atoms with Crippen LogP contribution in [0.1, 0.15) is 19.3 Å². The lowest BCUT2D eigenvalue weighted by Crippen LogP contribution is -2.45. The van der Waals surface area contributed by atoms with Crippen LogP contribution in [0, 0.1) is 0 Å². The van der Waals surface area contributed by atoms with Gasteiger partial charge in [0.05, 0.1) is 17.0 Å². The van der Waals surface area contributed by atoms with Crippen LogP contribution >= 0.6 is 35.3 Å². The van der Waals surface area contributed by atoms with Crippen LogP contribution in [0.4, 0.5) is 0 Å². The molecule has 0 saturated carbocycles. The normalized spacial score (nSPS) is 15.8. The van der Waals surface area contributed by atoms with E-state index in [4.69, 9.17) is 22.1 Å². The summed E-state index contributed by atoms with van der Waals surface area (Å²) in [5.41, 5.74) is 5.42. The zero-order chi connectivity index (χ0) is 17.6. The molecule has 2 heterocycles. The molecule has 7 nitrogen and oxygen atoms in total. The summed E-state index contributed by atoms with van der Waals surface area (Å²) in [6.45, 7) is 2.12. The van der Waals surface area contributed by atoms with Gasteiger partial charge in [-0.3, -0.25) is 4.79 Å². The van der Waals surface area contributed by atoms with E-state index in [0.717, 1.165) is 30.6 Å². The quantitative estimate of drug-likeness (QED) is 0.606. The summed E-state index contributed by atoms with van der Waals surface area (Å²) in [7, 11) is -3.70. The van der Waals surface area contributed by atoms with E-state index >= 15 is 0 Å². The summed E-state index contributed by atoms with van der Waals surface area (Å²) in [6, 6.07) is 2.93. The lowest BCUT2D eigenvalue weighted by molar-refractivity contribution is -0.132. The van der Waals surface area contributed by atoms with Crippen molar-refractivity contribution in [3.63, 3.8) is 0 Å². The molecular formula is C14H23Cl2N3O4S2. The van der Waals surface area contributed by atoms with E-state index in [1.165, 1.54) is 12.1 Å². The lowest BCUT2D eigenvalue weighted by Gasteiger charge is -2.32. The summed E-state index contributed by atoms with van der Waals surface area (Å²) < 4.78 is 32.6. The Morgan fingerprint density at radius 2 is 2.08 bits per heavy atom. The number of halogens is 2. The third-order valence-electron chi connectivity index (χ3n) is 3.72. The number of likely N-dealkylation sites (tertiary alicyclic amines) is 1. The highest BCUT2D eigenvalue weighted by Crippen LogP contribution is 2.25. The van der Waals surface area contributed by atoms with Gasteiger partial charge in [-0.1, -0.05) is 11.6 Å². The monoisotopic (exact) mass is 431 g/mol. The van der Waals surface area contributed by atoms with Crippen LogP contribution in [0.25, 0.3) is 0 Å². The third-order valence-corrected chi connectivity index (χ3v) is 6.85. The molecule has 0 spiro atoms. The van der Waals surface area contributed by atoms with Crippen LogP contribution in [-0.4, -0.2) is 58.1 Å². The Morgan fingerprint density at radius 3 is 2.64 bits per heavy atom. The van der Waals surface area contributed by atoms with Gasteiger partial charge in [0.15, 0.2) is 0 Å². The molecule has 0 aromatic carbocycles. The Labute approximate surface area is 163 Å². The van der Waals surface area contributed by atoms with Crippen LogP contribution < -0.4 is 10.5 Å². The number of nitrogens with zero attached hydrogens (tertiary/aromatic N) is 1. The summed E-state index contributed by atoms with van der Waals surface area (Å²) in [4.78, 5) is 13.8. The first-order valence-corrected chi connectivity index (χ1v) is 10.4. The van der Waals surface area contributed by atoms with E-state index in [1.807, 2.05) is 0 Å². The number of nitrogens with two attached hydrogens (primary N) is 1. The van der Waals surface area contributed by atoms with Crippen LogP contribution in [0.3, 0.4) is 0 Å². The highest BCUT2D eigenvalue weighted by molar-refractivity contribution is 7.91. The van der Waals surface area contributed by atoms with Gasteiger partial charge < -0.3 is 15.4 Å². The number of rotatable bonds is 8. The predicted octanol–water partition coefficient (Wildman–Crippen LogP) is 1.46. The maximum Gasteiger partial charge on any atom is 0.250 e. The molecule has 1 aromatic heterocycles. The molecular weight excluding hydrogens is 409 g/mol. The van der Waals surface area contributed by atoms with Gasteiger partial charge in [-0.2, -0.15) is 0 Å². The summed E-state index contributed by atoms with van der Waals surface area (Å²) in [5.74, 6) is -0.235. The molecule has 144 valence electrons. The molecule has 0 radical (unpaired) electrons. The van der Waals surface area contributed by atoms with Crippen molar-refractivity contribution in [2.45, 2.75) is 29.6 Å². The Balaban J connectivity index is 0.00000312. The van der Waals surface area contributed by atoms with Gasteiger partial charge in [0.25, 0.3) is 10.0 Å². The topological polar surface area (TPSA) is 102 Å². The van der Waals surface area contributed by atoms with E-state index in [-0.39, 0.29) is 35.2 Å². The molecule has 0 unspecified atom stereocenters. The highest BCUT2D eigenvalue weighted by atomic mass is 35.5. The van der Waals surface area contributed by atoms with Gasteiger partial charge in [-0.05, 0) is 37.9 Å². The second-order valence-corrected chi connectivity index (χ2v) is 9.19. The number of carbonyl (C=O) groups is 1. The third kappa shape index (κ3) is 7.01. The summed E-state index contributed by atoms with van der Waals surface area (Å²) >= 11 is 6.70. The van der Waals surface area contributed by atoms with Gasteiger partial charge in [-0.15, -0.1) is 23.7 Å². The van der Waals surface area contributed by atoms with Crippen molar-refractivity contribution in [2.24, 2.45) is 5.73 Å². The minimum atomic E-state index is -3.70. The molecule has 2 rings (SSSR count). The first-order chi connectivity index (χ1) is 11.4. The van der Waals surface area contributed by atoms with Crippen LogP contribution in [0.2, 0.25) is 4.34 Å². The van der Waals surface area contributed by atoms with E-state index < -0.39 is 10.0 Å². The molecule has 0 bridgehead atoms. The molecule has 0 atom stereocenters. The SMILES string of the molecule is Cl.NCCCOC1CCN(C(=O)CNS(=O)(=O)c2ccc(Cl)s2)CC1. The summed E-state index contributed by atoms with van der Waals surface area (Å²) in [5, 5.41) is 0. The standard InChI is InChI=1S/C14H22ClN3O4S2.ClH/c15-12-2-3-14(23-12)24(20,21)17-10-13(19)18-7-4-11(5-8-18)22-9-1-6-16;/h2-3,11,17H,1,4-10,16H2;1H. The van der Waals surface area contributed by atoms with E-state index in [9.17, 15) is 13.2 Å². The van der Waals surface area contributed by atoms with Crippen molar-refractivity contribution < 1.29 is 17.9 Å². The van der Waals surface area contributed by atoms with Crippen molar-refractivity contribution in [1.82, 2.24) is 9.62 Å². The highest BCUT2D eigenvalue weighted by Gasteiger charge is 2.25. The number of sulfonamides is 1. The van der Waals surface area contributed by atoms with Crippen molar-refractivity contribution in [3.8, 4) is 0 Å². The minimum absolute atomic E-state index is 0. The van der Waals surface area contributed by atoms with Gasteiger partial charge >= 0.3 is 0 Å². The van der Waals surface area contributed by atoms with Gasteiger partial charge in [-0.25, -0.2) is 13.1 Å². The zero-order valence-corrected chi connectivity index (χ0v) is 16.9. The van der Waals surface area contributed by atoms with Gasteiger partial charge in [0.2, 0.25) is 5.91 Å². The molecule has 1 aliphatic heterocycles. The molecule has 1 aliphatic rings. The van der Waals surface area contributed by atoms with Crippen molar-refractivity contribution >= 4 is 51.3 Å². The number of ether oxygens (including phenoxy) is 1. The number of thiophene rings is 1. The molecule has 1 fully saturated rings. The Kier molecular flexibility index (Phi) is 9.65. The molecule has 1 saturated heterocycles. The number of amides is 1.